The van der Waals surface area contributed by atoms with E-state index in [-0.39, 0.29) is 24.0 Å². The molecule has 1 aliphatic carbocycles. The van der Waals surface area contributed by atoms with Crippen LogP contribution in [0.5, 0.6) is 0 Å². The molecule has 1 aromatic rings. The third kappa shape index (κ3) is 7.36. The highest BCUT2D eigenvalue weighted by molar-refractivity contribution is 14.0. The topological polar surface area (TPSA) is 85.6 Å². The van der Waals surface area contributed by atoms with E-state index in [2.05, 4.69) is 25.8 Å². The van der Waals surface area contributed by atoms with Gasteiger partial charge in [-0.3, -0.25) is 0 Å². The molecule has 1 heterocycles. The molecular weight excluding hydrogens is 447 g/mol. The molecule has 0 aliphatic heterocycles. The Morgan fingerprint density at radius 1 is 1.19 bits per heavy atom. The number of nitrogens with one attached hydrogen (secondary N) is 2. The van der Waals surface area contributed by atoms with E-state index in [0.717, 1.165) is 56.8 Å². The third-order valence-electron chi connectivity index (χ3n) is 4.80. The summed E-state index contributed by atoms with van der Waals surface area (Å²) in [7, 11) is 5.44. The van der Waals surface area contributed by atoms with Crippen molar-refractivity contribution in [2.75, 3.05) is 40.5 Å². The summed E-state index contributed by atoms with van der Waals surface area (Å²) in [5, 5.41) is 15.1. The first-order valence-corrected chi connectivity index (χ1v) is 8.95. The summed E-state index contributed by atoms with van der Waals surface area (Å²) in [4.78, 5) is 4.68. The van der Waals surface area contributed by atoms with Gasteiger partial charge in [-0.15, -0.1) is 34.2 Å². The first kappa shape index (κ1) is 23.1. The fourth-order valence-corrected chi connectivity index (χ4v) is 2.62. The number of hydrogen-bond acceptors (Lipinski definition) is 5. The van der Waals surface area contributed by atoms with E-state index in [9.17, 15) is 0 Å². The van der Waals surface area contributed by atoms with E-state index in [1.54, 1.807) is 14.2 Å². The van der Waals surface area contributed by atoms with Crippen LogP contribution in [-0.2, 0) is 23.1 Å². The predicted octanol–water partition coefficient (Wildman–Crippen LogP) is 1.63. The van der Waals surface area contributed by atoms with Gasteiger partial charge in [0.1, 0.15) is 12.4 Å². The first-order valence-electron chi connectivity index (χ1n) is 8.95. The number of aromatic nitrogens is 3. The van der Waals surface area contributed by atoms with Crippen LogP contribution in [0.4, 0.5) is 0 Å². The summed E-state index contributed by atoms with van der Waals surface area (Å²) in [6.45, 7) is 5.73. The second kappa shape index (κ2) is 11.7. The summed E-state index contributed by atoms with van der Waals surface area (Å²) in [6.07, 6.45) is 4.54. The zero-order chi connectivity index (χ0) is 18.1. The molecule has 0 atom stereocenters. The van der Waals surface area contributed by atoms with Gasteiger partial charge in [0.2, 0.25) is 0 Å². The molecule has 8 nitrogen and oxygen atoms in total. The summed E-state index contributed by atoms with van der Waals surface area (Å²) in [5.41, 5.74) is 0.367. The number of halogens is 1. The minimum atomic E-state index is 0. The average Bonchev–Trinajstić information content (AvgIpc) is 3.32. The van der Waals surface area contributed by atoms with Crippen molar-refractivity contribution < 1.29 is 9.47 Å². The Morgan fingerprint density at radius 2 is 1.92 bits per heavy atom. The van der Waals surface area contributed by atoms with Gasteiger partial charge >= 0.3 is 0 Å². The Balaban J connectivity index is 0.00000338. The Bertz CT molecular complexity index is 559. The lowest BCUT2D eigenvalue weighted by molar-refractivity contribution is 0.172. The van der Waals surface area contributed by atoms with Crippen LogP contribution < -0.4 is 10.6 Å². The molecule has 0 unspecified atom stereocenters. The van der Waals surface area contributed by atoms with Crippen molar-refractivity contribution in [2.45, 2.75) is 39.2 Å². The van der Waals surface area contributed by atoms with Crippen LogP contribution in [0.25, 0.3) is 0 Å². The van der Waals surface area contributed by atoms with Crippen molar-refractivity contribution in [1.82, 2.24) is 25.4 Å². The number of aryl methyl sites for hydroxylation is 1. The molecule has 0 saturated heterocycles. The van der Waals surface area contributed by atoms with Gasteiger partial charge in [-0.1, -0.05) is 0 Å². The molecule has 1 fully saturated rings. The van der Waals surface area contributed by atoms with Gasteiger partial charge < -0.3 is 24.7 Å². The Hall–Kier alpha value is -0.940. The quantitative estimate of drug-likeness (QED) is 0.217. The van der Waals surface area contributed by atoms with E-state index in [4.69, 9.17) is 9.47 Å². The normalized spacial score (nSPS) is 15.5. The van der Waals surface area contributed by atoms with Gasteiger partial charge in [0.25, 0.3) is 0 Å². The van der Waals surface area contributed by atoms with Gasteiger partial charge in [-0.25, -0.2) is 4.99 Å². The van der Waals surface area contributed by atoms with Crippen LogP contribution in [-0.4, -0.2) is 61.2 Å². The summed E-state index contributed by atoms with van der Waals surface area (Å²) in [5.74, 6) is 2.57. The highest BCUT2D eigenvalue weighted by atomic mass is 127. The lowest BCUT2D eigenvalue weighted by Crippen LogP contribution is -2.41. The maximum atomic E-state index is 5.23. The highest BCUT2D eigenvalue weighted by Gasteiger charge is 2.41. The molecule has 0 aromatic carbocycles. The molecule has 0 radical (unpaired) electrons. The molecule has 150 valence electrons. The summed E-state index contributed by atoms with van der Waals surface area (Å²) >= 11 is 0. The number of rotatable bonds is 11. The van der Waals surface area contributed by atoms with Crippen LogP contribution in [0, 0.1) is 12.3 Å². The molecule has 2 N–H and O–H groups in total. The summed E-state index contributed by atoms with van der Waals surface area (Å²) < 4.78 is 12.3. The fourth-order valence-electron chi connectivity index (χ4n) is 2.62. The van der Waals surface area contributed by atoms with Crippen LogP contribution in [0.15, 0.2) is 4.99 Å². The Labute approximate surface area is 173 Å². The lowest BCUT2D eigenvalue weighted by Gasteiger charge is -2.18. The molecule has 1 saturated carbocycles. The number of methoxy groups -OCH3 is 2. The minimum Gasteiger partial charge on any atom is -0.385 e. The van der Waals surface area contributed by atoms with E-state index in [0.29, 0.717) is 12.0 Å². The maximum absolute atomic E-state index is 5.23. The molecule has 2 rings (SSSR count). The highest BCUT2D eigenvalue weighted by Crippen LogP contribution is 2.48. The SMILES string of the molecule is COCCCNC(=NCc1nnc(C)n1C)NCC1(CCOC)CC1.I. The number of guanidine groups is 1. The number of nitrogens with zero attached hydrogens (tertiary/aromatic N) is 4. The molecule has 1 aromatic heterocycles. The molecule has 26 heavy (non-hydrogen) atoms. The van der Waals surface area contributed by atoms with Crippen molar-refractivity contribution in [3.63, 3.8) is 0 Å². The molecule has 0 amide bonds. The maximum Gasteiger partial charge on any atom is 0.191 e. The van der Waals surface area contributed by atoms with Gasteiger partial charge in [0, 0.05) is 47.6 Å². The van der Waals surface area contributed by atoms with Gasteiger partial charge in [0.15, 0.2) is 11.8 Å². The van der Waals surface area contributed by atoms with Crippen LogP contribution >= 0.6 is 24.0 Å². The third-order valence-corrected chi connectivity index (χ3v) is 4.80. The number of aliphatic imine (C=N–C) groups is 1. The standard InChI is InChI=1S/C17H32N6O2.HI/c1-14-21-22-15(23(14)2)12-19-16(18-9-5-10-24-3)20-13-17(6-7-17)8-11-25-4;/h5-13H2,1-4H3,(H2,18,19,20);1H. The van der Waals surface area contributed by atoms with Crippen LogP contribution in [0.1, 0.15) is 37.3 Å². The van der Waals surface area contributed by atoms with Crippen LogP contribution in [0.3, 0.4) is 0 Å². The molecule has 0 bridgehead atoms. The molecule has 1 aliphatic rings. The fraction of sp³-hybridized carbons (Fsp3) is 0.824. The Morgan fingerprint density at radius 3 is 2.50 bits per heavy atom. The van der Waals surface area contributed by atoms with E-state index in [1.165, 1.54) is 12.8 Å². The summed E-state index contributed by atoms with van der Waals surface area (Å²) in [6, 6.07) is 0. The van der Waals surface area contributed by atoms with Gasteiger partial charge in [-0.05, 0) is 38.0 Å². The van der Waals surface area contributed by atoms with Crippen molar-refractivity contribution >= 4 is 29.9 Å². The second-order valence-electron chi connectivity index (χ2n) is 6.76. The molecule has 9 heteroatoms. The van der Waals surface area contributed by atoms with Crippen molar-refractivity contribution in [1.29, 1.82) is 0 Å². The zero-order valence-electron chi connectivity index (χ0n) is 16.4. The smallest absolute Gasteiger partial charge is 0.191 e. The number of hydrogen-bond donors (Lipinski definition) is 2. The van der Waals surface area contributed by atoms with Crippen LogP contribution in [0.2, 0.25) is 0 Å². The lowest BCUT2D eigenvalue weighted by atomic mass is 10.0. The van der Waals surface area contributed by atoms with E-state index >= 15 is 0 Å². The Kier molecular flexibility index (Phi) is 10.4. The van der Waals surface area contributed by atoms with Gasteiger partial charge in [0.05, 0.1) is 0 Å². The molecular formula is C17H33IN6O2. The monoisotopic (exact) mass is 480 g/mol. The predicted molar refractivity (Wildman–Crippen MR) is 113 cm³/mol. The minimum absolute atomic E-state index is 0. The number of ether oxygens (including phenoxy) is 2. The molecule has 0 spiro atoms. The van der Waals surface area contributed by atoms with Crippen molar-refractivity contribution in [3.05, 3.63) is 11.6 Å². The first-order chi connectivity index (χ1) is 12.1. The largest absolute Gasteiger partial charge is 0.385 e. The average molecular weight is 480 g/mol. The van der Waals surface area contributed by atoms with Crippen molar-refractivity contribution in [3.8, 4) is 0 Å². The van der Waals surface area contributed by atoms with Crippen molar-refractivity contribution in [2.24, 2.45) is 17.5 Å². The van der Waals surface area contributed by atoms with E-state index in [1.807, 2.05) is 18.5 Å². The zero-order valence-corrected chi connectivity index (χ0v) is 18.7. The van der Waals surface area contributed by atoms with E-state index < -0.39 is 0 Å². The van der Waals surface area contributed by atoms with Gasteiger partial charge in [-0.2, -0.15) is 0 Å². The second-order valence-corrected chi connectivity index (χ2v) is 6.76.